The summed E-state index contributed by atoms with van der Waals surface area (Å²) in [4.78, 5) is 60.3. The average molecular weight is 602 g/mol. The number of hydrogen-bond donors (Lipinski definition) is 4. The van der Waals surface area contributed by atoms with E-state index in [1.807, 2.05) is 24.4 Å². The minimum atomic E-state index is -2.22. The third kappa shape index (κ3) is 5.09. The highest BCUT2D eigenvalue weighted by Gasteiger charge is 2.53. The minimum Gasteiger partial charge on any atom is -0.543 e. The highest BCUT2D eigenvalue weighted by molar-refractivity contribution is 8.00. The van der Waals surface area contributed by atoms with E-state index in [1.54, 1.807) is 10.7 Å². The molecule has 2 amide bonds. The van der Waals surface area contributed by atoms with Crippen LogP contribution in [0.1, 0.15) is 18.2 Å². The second-order valence-electron chi connectivity index (χ2n) is 9.09. The summed E-state index contributed by atoms with van der Waals surface area (Å²) in [6, 6.07) is 4.48. The van der Waals surface area contributed by atoms with Gasteiger partial charge < -0.3 is 35.6 Å². The summed E-state index contributed by atoms with van der Waals surface area (Å²) in [6.45, 7) is 1.08. The van der Waals surface area contributed by atoms with Gasteiger partial charge in [-0.05, 0) is 11.6 Å². The molecule has 1 saturated heterocycles. The molecule has 2 aliphatic heterocycles. The van der Waals surface area contributed by atoms with Crippen molar-refractivity contribution in [2.45, 2.75) is 30.5 Å². The predicted molar refractivity (Wildman–Crippen MR) is 142 cm³/mol. The number of rotatable bonds is 10. The number of fused-ring (bicyclic) bond motifs is 2. The Kier molecular flexibility index (Phi) is 7.41. The van der Waals surface area contributed by atoms with Crippen LogP contribution < -0.4 is 20.7 Å². The van der Waals surface area contributed by atoms with Gasteiger partial charge in [-0.3, -0.25) is 14.5 Å². The van der Waals surface area contributed by atoms with Gasteiger partial charge >= 0.3 is 11.8 Å². The molecule has 0 spiro atoms. The van der Waals surface area contributed by atoms with Crippen LogP contribution in [0.3, 0.4) is 0 Å². The molecule has 0 radical (unpaired) electrons. The molecule has 2 aliphatic rings. The van der Waals surface area contributed by atoms with Gasteiger partial charge in [0.1, 0.15) is 17.1 Å². The Hall–Kier alpha value is -4.48. The number of amides is 2. The maximum Gasteiger partial charge on any atom is 0.379 e. The average Bonchev–Trinajstić information content (AvgIpc) is 3.57. The first kappa shape index (κ1) is 28.1. The summed E-state index contributed by atoms with van der Waals surface area (Å²) in [5.74, 6) is -6.54. The minimum absolute atomic E-state index is 0.0250. The number of H-pyrrole nitrogens is 1. The zero-order valence-electron chi connectivity index (χ0n) is 21.5. The van der Waals surface area contributed by atoms with Crippen molar-refractivity contribution in [3.8, 4) is 0 Å². The maximum atomic E-state index is 13.3. The Labute approximate surface area is 239 Å². The van der Waals surface area contributed by atoms with Crippen LogP contribution in [0.2, 0.25) is 0 Å². The van der Waals surface area contributed by atoms with Crippen molar-refractivity contribution in [1.29, 1.82) is 0 Å². The number of aromatic amines is 1. The number of thiazole rings is 1. The summed E-state index contributed by atoms with van der Waals surface area (Å²) in [5, 5.41) is 31.6. The van der Waals surface area contributed by atoms with E-state index in [0.717, 1.165) is 41.4 Å². The zero-order valence-corrected chi connectivity index (χ0v) is 23.2. The number of nitrogens with one attached hydrogen (secondary N) is 2. The number of pyridine rings is 1. The lowest BCUT2D eigenvalue weighted by atomic mass is 9.99. The van der Waals surface area contributed by atoms with E-state index in [2.05, 4.69) is 20.6 Å². The molecule has 214 valence electrons. The molecule has 3 aromatic rings. The number of nitrogens with two attached hydrogens (primary N) is 1. The van der Waals surface area contributed by atoms with Gasteiger partial charge in [0.15, 0.2) is 17.0 Å². The Balaban J connectivity index is 1.38. The number of ether oxygens (including phenoxy) is 1. The van der Waals surface area contributed by atoms with Gasteiger partial charge in [0, 0.05) is 43.7 Å². The summed E-state index contributed by atoms with van der Waals surface area (Å²) < 4.78 is 6.63. The van der Waals surface area contributed by atoms with Crippen molar-refractivity contribution in [2.75, 3.05) is 18.6 Å². The van der Waals surface area contributed by atoms with Crippen molar-refractivity contribution in [2.24, 2.45) is 5.16 Å². The predicted octanol–water partition coefficient (Wildman–Crippen LogP) is -1.39. The first-order valence-electron chi connectivity index (χ1n) is 12.0. The molecule has 5 N–H and O–H groups in total. The number of hydrogen-bond acceptors (Lipinski definition) is 12. The van der Waals surface area contributed by atoms with Crippen molar-refractivity contribution >= 4 is 63.2 Å². The van der Waals surface area contributed by atoms with Gasteiger partial charge in [-0.2, -0.15) is 5.10 Å². The number of oxime groups is 1. The Bertz CT molecular complexity index is 1630. The first-order valence-corrected chi connectivity index (χ1v) is 13.9. The number of carbonyl (C=O) groups is 4. The number of carboxylic acid groups (broad SMARTS) is 2. The molecule has 15 nitrogen and oxygen atoms in total. The molecule has 0 aromatic carbocycles. The lowest BCUT2D eigenvalue weighted by molar-refractivity contribution is -0.576. The quantitative estimate of drug-likeness (QED) is 0.0697. The molecule has 5 heterocycles. The number of β-lactam (4-membered cyclic amide) rings is 1. The van der Waals surface area contributed by atoms with E-state index in [1.165, 1.54) is 17.1 Å². The standard InChI is InChI=1S/C24H23N7O8S2/c1-24(38-2,22(36)37)39-29-15(13-10-41-23(25)27-13)18(32)28-16-19(33)31-17(21(34)35)12(9-40-20(16)31)7-11-8-26-30-6-4-3-5-14(11)30/h3-6,8,10,16,20H,7,9H2,1-2H3,(H5,25,27,28,32,34,35,36,37)/b29-15-/t16-,20+,24?/m1/s1. The summed E-state index contributed by atoms with van der Waals surface area (Å²) in [7, 11) is 1.08. The van der Waals surface area contributed by atoms with Gasteiger partial charge in [0.25, 0.3) is 11.8 Å². The van der Waals surface area contributed by atoms with E-state index < -0.39 is 46.7 Å². The lowest BCUT2D eigenvalue weighted by Crippen LogP contribution is -2.71. The molecule has 0 bridgehead atoms. The lowest BCUT2D eigenvalue weighted by Gasteiger charge is -2.50. The van der Waals surface area contributed by atoms with Crippen molar-refractivity contribution in [1.82, 2.24) is 20.3 Å². The molecule has 1 unspecified atom stereocenters. The molecular formula is C24H23N7O8S2. The third-order valence-electron chi connectivity index (χ3n) is 6.57. The largest absolute Gasteiger partial charge is 0.543 e. The second kappa shape index (κ2) is 10.8. The molecule has 0 saturated carbocycles. The molecule has 5 rings (SSSR count). The van der Waals surface area contributed by atoms with E-state index in [9.17, 15) is 29.4 Å². The molecule has 3 atom stereocenters. The number of thioether (sulfide) groups is 1. The monoisotopic (exact) mass is 601 g/mol. The van der Waals surface area contributed by atoms with Gasteiger partial charge in [-0.15, -0.1) is 23.1 Å². The molecule has 0 aliphatic carbocycles. The van der Waals surface area contributed by atoms with E-state index in [-0.39, 0.29) is 28.7 Å². The fourth-order valence-electron chi connectivity index (χ4n) is 4.32. The van der Waals surface area contributed by atoms with Crippen LogP contribution in [-0.4, -0.2) is 79.6 Å². The third-order valence-corrected chi connectivity index (χ3v) is 8.58. The molecule has 3 aromatic heterocycles. The summed E-state index contributed by atoms with van der Waals surface area (Å²) in [5.41, 5.74) is 7.16. The Morgan fingerprint density at radius 2 is 2.20 bits per heavy atom. The maximum absolute atomic E-state index is 13.3. The number of methoxy groups -OCH3 is 1. The zero-order chi connectivity index (χ0) is 29.5. The van der Waals surface area contributed by atoms with Crippen molar-refractivity contribution < 1.29 is 43.5 Å². The fraction of sp³-hybridized carbons (Fsp3) is 0.292. The van der Waals surface area contributed by atoms with Crippen LogP contribution in [0.4, 0.5) is 5.13 Å². The van der Waals surface area contributed by atoms with Crippen LogP contribution in [-0.2, 0) is 35.2 Å². The number of carboxylic acids is 2. The van der Waals surface area contributed by atoms with E-state index in [4.69, 9.17) is 15.3 Å². The van der Waals surface area contributed by atoms with E-state index in [0.29, 0.717) is 5.57 Å². The fourth-order valence-corrected chi connectivity index (χ4v) is 6.22. The topological polar surface area (TPSA) is 216 Å². The van der Waals surface area contributed by atoms with E-state index >= 15 is 0 Å². The summed E-state index contributed by atoms with van der Waals surface area (Å²) in [6.07, 6.45) is 3.85. The van der Waals surface area contributed by atoms with Crippen LogP contribution in [0.15, 0.2) is 52.4 Å². The molecule has 41 heavy (non-hydrogen) atoms. The molecule has 17 heteroatoms. The highest BCUT2D eigenvalue weighted by Crippen LogP contribution is 2.41. The van der Waals surface area contributed by atoms with Crippen molar-refractivity contribution in [3.63, 3.8) is 0 Å². The Morgan fingerprint density at radius 3 is 2.85 bits per heavy atom. The van der Waals surface area contributed by atoms with Crippen LogP contribution in [0, 0.1) is 0 Å². The number of anilines is 1. The Morgan fingerprint density at radius 1 is 1.41 bits per heavy atom. The van der Waals surface area contributed by atoms with Crippen LogP contribution >= 0.6 is 23.1 Å². The first-order chi connectivity index (χ1) is 19.5. The number of aromatic nitrogens is 3. The van der Waals surface area contributed by atoms with Gasteiger partial charge in [0.05, 0.1) is 23.4 Å². The SMILES string of the molecule is COC(C)(O/N=C(\C(=O)N[C@@H]1C(=O)N2C(C(=O)[O-])=C(Cc3c[nH][n+]4ccccc34)CS[C@@H]12)c1csc(N)n1)C(=O)O. The summed E-state index contributed by atoms with van der Waals surface area (Å²) >= 11 is 2.28. The normalized spacial score (nSPS) is 20.3. The smallest absolute Gasteiger partial charge is 0.379 e. The second-order valence-corrected chi connectivity index (χ2v) is 11.1. The van der Waals surface area contributed by atoms with Gasteiger partial charge in [0.2, 0.25) is 5.52 Å². The number of nitrogens with zero attached hydrogens (tertiary/aromatic N) is 4. The number of nitrogen functional groups attached to an aromatic ring is 1. The molecule has 1 fully saturated rings. The molecular weight excluding hydrogens is 578 g/mol. The van der Waals surface area contributed by atoms with Crippen LogP contribution in [0.5, 0.6) is 0 Å². The van der Waals surface area contributed by atoms with Crippen LogP contribution in [0.25, 0.3) is 5.52 Å². The van der Waals surface area contributed by atoms with Gasteiger partial charge in [-0.1, -0.05) is 9.67 Å². The highest BCUT2D eigenvalue weighted by atomic mass is 32.2. The van der Waals surface area contributed by atoms with Gasteiger partial charge in [-0.25, -0.2) is 9.78 Å². The number of aliphatic carboxylic acids is 2. The number of carbonyl (C=O) groups excluding carboxylic acids is 3. The van der Waals surface area contributed by atoms with Crippen molar-refractivity contribution in [3.05, 3.63) is 58.5 Å².